The average molecular weight is 404 g/mol. The number of allylic oxidation sites excluding steroid dienone is 1. The van der Waals surface area contributed by atoms with Crippen molar-refractivity contribution < 1.29 is 9.21 Å². The van der Waals surface area contributed by atoms with E-state index in [1.54, 1.807) is 37.6 Å². The molecule has 1 N–H and O–H groups in total. The molecule has 0 aromatic carbocycles. The summed E-state index contributed by atoms with van der Waals surface area (Å²) in [6, 6.07) is 5.25. The minimum atomic E-state index is -0.424. The van der Waals surface area contributed by atoms with Gasteiger partial charge in [-0.2, -0.15) is 0 Å². The average Bonchev–Trinajstić information content (AvgIpc) is 3.23. The number of rotatable bonds is 7. The van der Waals surface area contributed by atoms with Gasteiger partial charge in [0.1, 0.15) is 5.76 Å². The SMILES string of the molecule is C=CCn1c(S[C@@H](C)C(=O)Nc2cccnc2Cl)nnc1-c1ccoc1C. The van der Waals surface area contributed by atoms with Crippen molar-refractivity contribution in [2.45, 2.75) is 30.8 Å². The second-order valence-corrected chi connectivity index (χ2v) is 7.35. The molecule has 7 nitrogen and oxygen atoms in total. The number of hydrogen-bond acceptors (Lipinski definition) is 6. The molecule has 0 spiro atoms. The topological polar surface area (TPSA) is 85.8 Å². The van der Waals surface area contributed by atoms with Gasteiger partial charge in [0.25, 0.3) is 0 Å². The standard InChI is InChI=1S/C18H18ClN5O2S/c1-4-9-24-16(13-7-10-26-11(13)2)22-23-18(24)27-12(3)17(25)21-14-6-5-8-20-15(14)19/h4-8,10,12H,1,9H2,2-3H3,(H,21,25)/t12-/m0/s1. The first kappa shape index (κ1) is 19.2. The van der Waals surface area contributed by atoms with Gasteiger partial charge in [0.15, 0.2) is 16.1 Å². The molecule has 3 aromatic heterocycles. The fraction of sp³-hybridized carbons (Fsp3) is 0.222. The van der Waals surface area contributed by atoms with Crippen molar-refractivity contribution >= 4 is 35.0 Å². The predicted molar refractivity (Wildman–Crippen MR) is 106 cm³/mol. The van der Waals surface area contributed by atoms with Crippen LogP contribution in [0.1, 0.15) is 12.7 Å². The zero-order valence-corrected chi connectivity index (χ0v) is 16.4. The number of halogens is 1. The molecule has 0 unspecified atom stereocenters. The van der Waals surface area contributed by atoms with Crippen molar-refractivity contribution in [2.75, 3.05) is 5.32 Å². The van der Waals surface area contributed by atoms with Gasteiger partial charge in [-0.3, -0.25) is 9.36 Å². The van der Waals surface area contributed by atoms with Gasteiger partial charge in [-0.1, -0.05) is 29.4 Å². The number of thioether (sulfide) groups is 1. The number of aryl methyl sites for hydroxylation is 1. The van der Waals surface area contributed by atoms with Crippen molar-refractivity contribution in [2.24, 2.45) is 0 Å². The number of carbonyl (C=O) groups is 1. The van der Waals surface area contributed by atoms with Gasteiger partial charge in [-0.15, -0.1) is 16.8 Å². The molecule has 140 valence electrons. The Morgan fingerprint density at radius 2 is 2.30 bits per heavy atom. The first-order valence-electron chi connectivity index (χ1n) is 8.18. The van der Waals surface area contributed by atoms with Gasteiger partial charge in [-0.05, 0) is 32.0 Å². The Hall–Kier alpha value is -2.58. The van der Waals surface area contributed by atoms with E-state index in [9.17, 15) is 4.79 Å². The zero-order chi connectivity index (χ0) is 19.4. The van der Waals surface area contributed by atoms with E-state index in [0.717, 1.165) is 11.3 Å². The lowest BCUT2D eigenvalue weighted by molar-refractivity contribution is -0.115. The zero-order valence-electron chi connectivity index (χ0n) is 14.8. The highest BCUT2D eigenvalue weighted by Crippen LogP contribution is 2.29. The molecule has 0 fully saturated rings. The van der Waals surface area contributed by atoms with Crippen molar-refractivity contribution in [3.8, 4) is 11.4 Å². The molecule has 0 saturated carbocycles. The first-order valence-corrected chi connectivity index (χ1v) is 9.43. The molecule has 9 heteroatoms. The summed E-state index contributed by atoms with van der Waals surface area (Å²) in [4.78, 5) is 16.5. The Balaban J connectivity index is 1.79. The van der Waals surface area contributed by atoms with E-state index in [4.69, 9.17) is 16.0 Å². The monoisotopic (exact) mass is 403 g/mol. The molecule has 1 amide bonds. The second-order valence-electron chi connectivity index (χ2n) is 5.69. The van der Waals surface area contributed by atoms with Crippen LogP contribution in [0.3, 0.4) is 0 Å². The van der Waals surface area contributed by atoms with E-state index in [1.165, 1.54) is 11.8 Å². The Morgan fingerprint density at radius 3 is 2.96 bits per heavy atom. The predicted octanol–water partition coefficient (Wildman–Crippen LogP) is 4.20. The Morgan fingerprint density at radius 1 is 1.48 bits per heavy atom. The highest BCUT2D eigenvalue weighted by Gasteiger charge is 2.22. The lowest BCUT2D eigenvalue weighted by Gasteiger charge is -2.13. The van der Waals surface area contributed by atoms with Crippen LogP contribution in [0.25, 0.3) is 11.4 Å². The van der Waals surface area contributed by atoms with Crippen LogP contribution in [0, 0.1) is 6.92 Å². The fourth-order valence-corrected chi connectivity index (χ4v) is 3.44. The molecule has 0 aliphatic carbocycles. The van der Waals surface area contributed by atoms with Gasteiger partial charge in [0.2, 0.25) is 5.91 Å². The Bertz CT molecular complexity index is 968. The number of furan rings is 1. The van der Waals surface area contributed by atoms with Gasteiger partial charge < -0.3 is 9.73 Å². The fourth-order valence-electron chi connectivity index (χ4n) is 2.41. The number of anilines is 1. The third-order valence-corrected chi connectivity index (χ3v) is 5.18. The molecule has 3 rings (SSSR count). The van der Waals surface area contributed by atoms with E-state index in [0.29, 0.717) is 23.2 Å². The van der Waals surface area contributed by atoms with Crippen LogP contribution >= 0.6 is 23.4 Å². The van der Waals surface area contributed by atoms with Crippen LogP contribution < -0.4 is 5.32 Å². The van der Waals surface area contributed by atoms with Gasteiger partial charge in [0.05, 0.1) is 22.8 Å². The molecule has 0 radical (unpaired) electrons. The quantitative estimate of drug-likeness (QED) is 0.361. The highest BCUT2D eigenvalue weighted by molar-refractivity contribution is 8.00. The number of aromatic nitrogens is 4. The smallest absolute Gasteiger partial charge is 0.237 e. The summed E-state index contributed by atoms with van der Waals surface area (Å²) in [6.07, 6.45) is 4.93. The van der Waals surface area contributed by atoms with E-state index in [1.807, 2.05) is 17.6 Å². The van der Waals surface area contributed by atoms with Crippen LogP contribution in [0.5, 0.6) is 0 Å². The number of hydrogen-bond donors (Lipinski definition) is 1. The third-order valence-electron chi connectivity index (χ3n) is 3.80. The second kappa shape index (κ2) is 8.41. The highest BCUT2D eigenvalue weighted by atomic mass is 35.5. The Labute approximate surface area is 165 Å². The van der Waals surface area contributed by atoms with Crippen LogP contribution in [-0.2, 0) is 11.3 Å². The Kier molecular flexibility index (Phi) is 5.98. The molecule has 0 aliphatic rings. The minimum absolute atomic E-state index is 0.205. The number of nitrogens with zero attached hydrogens (tertiary/aromatic N) is 4. The van der Waals surface area contributed by atoms with Crippen molar-refractivity contribution in [3.05, 3.63) is 54.2 Å². The molecule has 1 atom stereocenters. The summed E-state index contributed by atoms with van der Waals surface area (Å²) in [6.45, 7) is 7.96. The van der Waals surface area contributed by atoms with E-state index < -0.39 is 5.25 Å². The molecular formula is C18H18ClN5O2S. The van der Waals surface area contributed by atoms with Crippen LogP contribution in [-0.4, -0.2) is 30.9 Å². The van der Waals surface area contributed by atoms with Crippen molar-refractivity contribution in [1.29, 1.82) is 0 Å². The molecule has 0 bridgehead atoms. The van der Waals surface area contributed by atoms with E-state index in [2.05, 4.69) is 27.1 Å². The summed E-state index contributed by atoms with van der Waals surface area (Å²) in [5, 5.41) is 11.7. The maximum atomic E-state index is 12.5. The number of carbonyl (C=O) groups excluding carboxylic acids is 1. The summed E-state index contributed by atoms with van der Waals surface area (Å²) < 4.78 is 7.26. The number of amides is 1. The van der Waals surface area contributed by atoms with E-state index >= 15 is 0 Å². The molecular weight excluding hydrogens is 386 g/mol. The summed E-state index contributed by atoms with van der Waals surface area (Å²) >= 11 is 7.30. The normalized spacial score (nSPS) is 12.0. The summed E-state index contributed by atoms with van der Waals surface area (Å²) in [5.74, 6) is 1.22. The molecule has 3 aromatic rings. The molecule has 3 heterocycles. The summed E-state index contributed by atoms with van der Waals surface area (Å²) in [7, 11) is 0. The van der Waals surface area contributed by atoms with Crippen LogP contribution in [0.4, 0.5) is 5.69 Å². The van der Waals surface area contributed by atoms with E-state index in [-0.39, 0.29) is 11.1 Å². The largest absolute Gasteiger partial charge is 0.469 e. The van der Waals surface area contributed by atoms with Crippen molar-refractivity contribution in [3.63, 3.8) is 0 Å². The number of nitrogens with one attached hydrogen (secondary N) is 1. The maximum absolute atomic E-state index is 12.5. The third kappa shape index (κ3) is 4.23. The van der Waals surface area contributed by atoms with Gasteiger partial charge in [-0.25, -0.2) is 4.98 Å². The summed E-state index contributed by atoms with van der Waals surface area (Å²) in [5.41, 5.74) is 1.33. The maximum Gasteiger partial charge on any atom is 0.237 e. The van der Waals surface area contributed by atoms with Crippen LogP contribution in [0.2, 0.25) is 5.15 Å². The van der Waals surface area contributed by atoms with Crippen molar-refractivity contribution in [1.82, 2.24) is 19.7 Å². The van der Waals surface area contributed by atoms with Gasteiger partial charge >= 0.3 is 0 Å². The lowest BCUT2D eigenvalue weighted by atomic mass is 10.2. The molecule has 0 saturated heterocycles. The van der Waals surface area contributed by atoms with Gasteiger partial charge in [0, 0.05) is 12.7 Å². The first-order chi connectivity index (χ1) is 13.0. The molecule has 27 heavy (non-hydrogen) atoms. The lowest BCUT2D eigenvalue weighted by Crippen LogP contribution is -2.23. The van der Waals surface area contributed by atoms with Crippen LogP contribution in [0.15, 0.2) is 52.9 Å². The molecule has 0 aliphatic heterocycles. The number of pyridine rings is 1. The minimum Gasteiger partial charge on any atom is -0.469 e.